The second kappa shape index (κ2) is 11.4. The zero-order valence-electron chi connectivity index (χ0n) is 19.8. The monoisotopic (exact) mass is 445 g/mol. The van der Waals surface area contributed by atoms with Crippen LogP contribution in [0.1, 0.15) is 19.4 Å². The molecule has 1 heterocycles. The highest BCUT2D eigenvalue weighted by atomic mass is 19.1. The van der Waals surface area contributed by atoms with Crippen LogP contribution < -0.4 is 0 Å². The molecule has 1 N–H and O–H groups in total. The quantitative estimate of drug-likeness (QED) is 0.327. The average molecular weight is 446 g/mol. The van der Waals surface area contributed by atoms with E-state index in [1.807, 2.05) is 81.5 Å². The second-order valence-electron chi connectivity index (χ2n) is 8.26. The second-order valence-corrected chi connectivity index (χ2v) is 8.26. The number of fused-ring (bicyclic) bond motifs is 1. The summed E-state index contributed by atoms with van der Waals surface area (Å²) < 4.78 is 14.9. The lowest BCUT2D eigenvalue weighted by Crippen LogP contribution is -2.37. The molecular weight excluding hydrogens is 413 g/mol. The molecule has 0 atom stereocenters. The minimum absolute atomic E-state index is 0.119. The van der Waals surface area contributed by atoms with Gasteiger partial charge in [0.25, 0.3) is 5.91 Å². The van der Waals surface area contributed by atoms with Gasteiger partial charge < -0.3 is 14.8 Å². The van der Waals surface area contributed by atoms with Gasteiger partial charge in [0.2, 0.25) is 0 Å². The van der Waals surface area contributed by atoms with E-state index in [0.29, 0.717) is 24.2 Å². The van der Waals surface area contributed by atoms with Crippen molar-refractivity contribution in [3.8, 4) is 11.1 Å². The Morgan fingerprint density at radius 1 is 1.00 bits per heavy atom. The summed E-state index contributed by atoms with van der Waals surface area (Å²) in [7, 11) is 3.92. The zero-order chi connectivity index (χ0) is 23.8. The van der Waals surface area contributed by atoms with Crippen LogP contribution >= 0.6 is 0 Å². The highest BCUT2D eigenvalue weighted by Gasteiger charge is 2.19. The molecule has 0 unspecified atom stereocenters. The molecule has 2 aromatic carbocycles. The number of aromatic amines is 1. The number of hydrogen-bond acceptors (Lipinski definition) is 2. The van der Waals surface area contributed by atoms with Crippen LogP contribution in [0.2, 0.25) is 0 Å². The molecule has 0 saturated carbocycles. The standard InChI is InChI=1S/C28H32FN3O/c1-5-7-9-21(8-6-2)28(33)32(17-16-31(3)4)20-25-19-22(10-12-26(25)29)23-11-13-27-24(18-23)14-15-30-27/h5-15,18-19,30H,16-17,20H2,1-4H3/b7-5-,8-6+,21-9+. The smallest absolute Gasteiger partial charge is 0.254 e. The van der Waals surface area contributed by atoms with Gasteiger partial charge in [-0.2, -0.15) is 0 Å². The van der Waals surface area contributed by atoms with Crippen LogP contribution in [0.4, 0.5) is 4.39 Å². The summed E-state index contributed by atoms with van der Waals surface area (Å²) in [6.07, 6.45) is 11.1. The number of amides is 1. The molecule has 0 radical (unpaired) electrons. The summed E-state index contributed by atoms with van der Waals surface area (Å²) in [6, 6.07) is 13.3. The van der Waals surface area contributed by atoms with Crippen LogP contribution in [-0.4, -0.2) is 47.9 Å². The molecule has 0 aliphatic carbocycles. The van der Waals surface area contributed by atoms with Gasteiger partial charge in [-0.3, -0.25) is 4.79 Å². The van der Waals surface area contributed by atoms with Crippen LogP contribution in [-0.2, 0) is 11.3 Å². The minimum atomic E-state index is -0.311. The van der Waals surface area contributed by atoms with Gasteiger partial charge >= 0.3 is 0 Å². The fraction of sp³-hybridized carbons (Fsp3) is 0.250. The summed E-state index contributed by atoms with van der Waals surface area (Å²) in [5, 5.41) is 1.10. The molecule has 172 valence electrons. The summed E-state index contributed by atoms with van der Waals surface area (Å²) in [5.74, 6) is -0.430. The molecule has 0 spiro atoms. The third-order valence-electron chi connectivity index (χ3n) is 5.46. The third kappa shape index (κ3) is 6.30. The number of benzene rings is 2. The van der Waals surface area contributed by atoms with Gasteiger partial charge in [-0.05, 0) is 80.9 Å². The van der Waals surface area contributed by atoms with Gasteiger partial charge in [-0.25, -0.2) is 4.39 Å². The highest BCUT2D eigenvalue weighted by molar-refractivity contribution is 5.96. The largest absolute Gasteiger partial charge is 0.361 e. The number of rotatable bonds is 9. The van der Waals surface area contributed by atoms with Crippen LogP contribution in [0, 0.1) is 5.82 Å². The molecule has 1 aromatic heterocycles. The minimum Gasteiger partial charge on any atom is -0.361 e. The average Bonchev–Trinajstić information content (AvgIpc) is 3.28. The Morgan fingerprint density at radius 3 is 2.48 bits per heavy atom. The lowest BCUT2D eigenvalue weighted by Gasteiger charge is -2.25. The molecule has 0 saturated heterocycles. The Hall–Kier alpha value is -3.44. The fourth-order valence-electron chi connectivity index (χ4n) is 3.65. The number of allylic oxidation sites excluding steroid dienone is 4. The Bertz CT molecular complexity index is 1190. The van der Waals surface area contributed by atoms with Gasteiger partial charge in [-0.1, -0.05) is 36.4 Å². The van der Waals surface area contributed by atoms with Crippen molar-refractivity contribution in [2.24, 2.45) is 0 Å². The van der Waals surface area contributed by atoms with Crippen LogP contribution in [0.25, 0.3) is 22.0 Å². The van der Waals surface area contributed by atoms with Gasteiger partial charge in [0, 0.05) is 42.5 Å². The van der Waals surface area contributed by atoms with E-state index in [4.69, 9.17) is 0 Å². The highest BCUT2D eigenvalue weighted by Crippen LogP contribution is 2.26. The van der Waals surface area contributed by atoms with Gasteiger partial charge in [-0.15, -0.1) is 0 Å². The zero-order valence-corrected chi connectivity index (χ0v) is 19.8. The van der Waals surface area contributed by atoms with E-state index in [-0.39, 0.29) is 18.3 Å². The summed E-state index contributed by atoms with van der Waals surface area (Å²) in [4.78, 5) is 20.3. The molecule has 0 bridgehead atoms. The third-order valence-corrected chi connectivity index (χ3v) is 5.46. The number of carbonyl (C=O) groups excluding carboxylic acids is 1. The number of hydrogen-bond donors (Lipinski definition) is 1. The lowest BCUT2D eigenvalue weighted by molar-refractivity contribution is -0.127. The van der Waals surface area contributed by atoms with Crippen molar-refractivity contribution in [2.75, 3.05) is 27.2 Å². The van der Waals surface area contributed by atoms with Crippen molar-refractivity contribution in [2.45, 2.75) is 20.4 Å². The van der Waals surface area contributed by atoms with Gasteiger partial charge in [0.15, 0.2) is 0 Å². The molecular formula is C28H32FN3O. The maximum Gasteiger partial charge on any atom is 0.254 e. The number of H-pyrrole nitrogens is 1. The van der Waals surface area contributed by atoms with E-state index in [1.165, 1.54) is 6.07 Å². The number of nitrogens with one attached hydrogen (secondary N) is 1. The van der Waals surface area contributed by atoms with Crippen molar-refractivity contribution in [1.29, 1.82) is 0 Å². The Kier molecular flexibility index (Phi) is 8.39. The molecule has 0 aliphatic rings. The van der Waals surface area contributed by atoms with Gasteiger partial charge in [0.05, 0.1) is 0 Å². The van der Waals surface area contributed by atoms with Crippen LogP contribution in [0.3, 0.4) is 0 Å². The van der Waals surface area contributed by atoms with E-state index in [0.717, 1.165) is 22.0 Å². The first-order chi connectivity index (χ1) is 15.9. The fourth-order valence-corrected chi connectivity index (χ4v) is 3.65. The SMILES string of the molecule is C\C=C/C=C(\C=C\C)C(=O)N(CCN(C)C)Cc1cc(-c2ccc3[nH]ccc3c2)ccc1F. The number of aromatic nitrogens is 1. The maximum atomic E-state index is 14.9. The van der Waals surface area contributed by atoms with Crippen LogP contribution in [0.5, 0.6) is 0 Å². The first kappa shape index (κ1) is 24.2. The first-order valence-corrected chi connectivity index (χ1v) is 11.2. The van der Waals surface area contributed by atoms with Crippen molar-refractivity contribution in [1.82, 2.24) is 14.8 Å². The van der Waals surface area contributed by atoms with E-state index >= 15 is 0 Å². The predicted molar refractivity (Wildman–Crippen MR) is 135 cm³/mol. The number of carbonyl (C=O) groups is 1. The van der Waals surface area contributed by atoms with E-state index in [1.54, 1.807) is 23.1 Å². The molecule has 0 aliphatic heterocycles. The first-order valence-electron chi connectivity index (χ1n) is 11.2. The van der Waals surface area contributed by atoms with E-state index in [9.17, 15) is 9.18 Å². The van der Waals surface area contributed by atoms with Crippen molar-refractivity contribution >= 4 is 16.8 Å². The Labute approximate surface area is 195 Å². The van der Waals surface area contributed by atoms with Crippen LogP contribution in [0.15, 0.2) is 84.6 Å². The lowest BCUT2D eigenvalue weighted by atomic mass is 10.0. The topological polar surface area (TPSA) is 39.3 Å². The predicted octanol–water partition coefficient (Wildman–Crippen LogP) is 5.94. The molecule has 33 heavy (non-hydrogen) atoms. The molecule has 5 heteroatoms. The maximum absolute atomic E-state index is 14.9. The van der Waals surface area contributed by atoms with E-state index < -0.39 is 0 Å². The summed E-state index contributed by atoms with van der Waals surface area (Å²) in [5.41, 5.74) is 4.07. The number of nitrogens with zero attached hydrogens (tertiary/aromatic N) is 2. The number of likely N-dealkylation sites (N-methyl/N-ethyl adjacent to an activating group) is 1. The molecule has 4 nitrogen and oxygen atoms in total. The molecule has 1 amide bonds. The molecule has 0 fully saturated rings. The molecule has 3 aromatic rings. The normalized spacial score (nSPS) is 12.5. The summed E-state index contributed by atoms with van der Waals surface area (Å²) in [6.45, 7) is 5.16. The van der Waals surface area contributed by atoms with E-state index in [2.05, 4.69) is 11.1 Å². The Balaban J connectivity index is 1.94. The molecule has 3 rings (SSSR count). The van der Waals surface area contributed by atoms with Crippen molar-refractivity contribution < 1.29 is 9.18 Å². The van der Waals surface area contributed by atoms with Crippen molar-refractivity contribution in [3.63, 3.8) is 0 Å². The number of halogens is 1. The Morgan fingerprint density at radius 2 is 1.76 bits per heavy atom. The van der Waals surface area contributed by atoms with Gasteiger partial charge in [0.1, 0.15) is 5.82 Å². The summed E-state index contributed by atoms with van der Waals surface area (Å²) >= 11 is 0. The van der Waals surface area contributed by atoms with Crippen molar-refractivity contribution in [3.05, 3.63) is 96.0 Å².